The molecule has 1 amide bonds. The topological polar surface area (TPSA) is 63.2 Å². The van der Waals surface area contributed by atoms with Gasteiger partial charge in [0.2, 0.25) is 0 Å². The summed E-state index contributed by atoms with van der Waals surface area (Å²) in [6.07, 6.45) is 1.38. The Morgan fingerprint density at radius 1 is 1.23 bits per heavy atom. The molecule has 2 rings (SSSR count). The van der Waals surface area contributed by atoms with Crippen molar-refractivity contribution in [3.8, 4) is 0 Å². The van der Waals surface area contributed by atoms with Crippen molar-refractivity contribution < 1.29 is 26.4 Å². The minimum absolute atomic E-state index is 0.0679. The monoisotopic (exact) mass is 405 g/mol. The molecule has 1 aliphatic carbocycles. The lowest BCUT2D eigenvalue weighted by atomic mass is 9.99. The molecule has 0 aromatic carbocycles. The predicted octanol–water partition coefficient (Wildman–Crippen LogP) is 4.04. The number of allylic oxidation sites excluding steroid dienone is 4. The van der Waals surface area contributed by atoms with Crippen LogP contribution in [0, 0.1) is 0 Å². The molecule has 0 bridgehead atoms. The molecular weight excluding hydrogens is 387 g/mol. The Hall–Kier alpha value is -1.87. The van der Waals surface area contributed by atoms with Crippen molar-refractivity contribution in [3.63, 3.8) is 0 Å². The average molecular weight is 405 g/mol. The van der Waals surface area contributed by atoms with E-state index in [4.69, 9.17) is 0 Å². The first-order valence-electron chi connectivity index (χ1n) is 7.71. The fourth-order valence-electron chi connectivity index (χ4n) is 2.36. The molecule has 0 fully saturated rings. The van der Waals surface area contributed by atoms with E-state index >= 15 is 0 Å². The summed E-state index contributed by atoms with van der Waals surface area (Å²) in [5, 5.41) is 2.63. The zero-order valence-corrected chi connectivity index (χ0v) is 15.8. The molecule has 1 heterocycles. The number of hydrogen-bond donors (Lipinski definition) is 1. The van der Waals surface area contributed by atoms with E-state index in [1.54, 1.807) is 13.0 Å². The molecule has 0 atom stereocenters. The van der Waals surface area contributed by atoms with Gasteiger partial charge in [0.15, 0.2) is 9.84 Å². The summed E-state index contributed by atoms with van der Waals surface area (Å²) in [4.78, 5) is 12.4. The quantitative estimate of drug-likeness (QED) is 0.822. The average Bonchev–Trinajstić information content (AvgIpc) is 2.99. The van der Waals surface area contributed by atoms with E-state index in [1.807, 2.05) is 0 Å². The molecule has 1 aromatic heterocycles. The standard InChI is InChI=1S/C17H18F3NO3S2/c1-11-9-13(17(18,19)20)6-4-3-5-12(11)10-21-16(22)14-7-8-15(25-14)26(2,23)24/h5-9H,3-4,10H2,1-2H3,(H,21,22)/b11-9?,12-5?,13-6+. The Morgan fingerprint density at radius 2 is 1.88 bits per heavy atom. The van der Waals surface area contributed by atoms with Crippen LogP contribution in [0.15, 0.2) is 51.3 Å². The van der Waals surface area contributed by atoms with Gasteiger partial charge in [0.1, 0.15) is 4.21 Å². The second-order valence-electron chi connectivity index (χ2n) is 5.86. The van der Waals surface area contributed by atoms with Crippen LogP contribution in [0.2, 0.25) is 0 Å². The van der Waals surface area contributed by atoms with Gasteiger partial charge in [-0.1, -0.05) is 12.2 Å². The largest absolute Gasteiger partial charge is 0.416 e. The van der Waals surface area contributed by atoms with Gasteiger partial charge in [-0.3, -0.25) is 4.79 Å². The third-order valence-electron chi connectivity index (χ3n) is 3.74. The van der Waals surface area contributed by atoms with E-state index in [2.05, 4.69) is 5.32 Å². The van der Waals surface area contributed by atoms with Crippen LogP contribution in [0.4, 0.5) is 13.2 Å². The normalized spacial score (nSPS) is 18.1. The molecule has 1 N–H and O–H groups in total. The van der Waals surface area contributed by atoms with E-state index < -0.39 is 27.5 Å². The van der Waals surface area contributed by atoms with Crippen LogP contribution in [-0.4, -0.2) is 33.3 Å². The number of hydrogen-bond acceptors (Lipinski definition) is 4. The summed E-state index contributed by atoms with van der Waals surface area (Å²) in [6, 6.07) is 2.77. The van der Waals surface area contributed by atoms with Crippen molar-refractivity contribution >= 4 is 27.1 Å². The van der Waals surface area contributed by atoms with Crippen LogP contribution >= 0.6 is 11.3 Å². The number of carbonyl (C=O) groups excluding carboxylic acids is 1. The van der Waals surface area contributed by atoms with Crippen molar-refractivity contribution in [2.75, 3.05) is 12.8 Å². The van der Waals surface area contributed by atoms with Gasteiger partial charge in [-0.05, 0) is 49.1 Å². The maximum atomic E-state index is 12.9. The Kier molecular flexibility index (Phi) is 6.13. The summed E-state index contributed by atoms with van der Waals surface area (Å²) < 4.78 is 61.8. The highest BCUT2D eigenvalue weighted by Gasteiger charge is 2.32. The van der Waals surface area contributed by atoms with Gasteiger partial charge in [0.25, 0.3) is 5.91 Å². The van der Waals surface area contributed by atoms with E-state index in [1.165, 1.54) is 12.1 Å². The summed E-state index contributed by atoms with van der Waals surface area (Å²) in [5.41, 5.74) is 0.340. The SMILES string of the molecule is CC1=C/C(C(F)(F)F)=C\CCC=C1CNC(=O)c1ccc(S(C)(=O)=O)s1. The number of halogens is 3. The van der Waals surface area contributed by atoms with Crippen molar-refractivity contribution in [1.82, 2.24) is 5.32 Å². The second kappa shape index (κ2) is 7.79. The molecule has 4 nitrogen and oxygen atoms in total. The van der Waals surface area contributed by atoms with E-state index in [0.717, 1.165) is 29.7 Å². The third kappa shape index (κ3) is 5.31. The van der Waals surface area contributed by atoms with Crippen molar-refractivity contribution in [2.45, 2.75) is 30.2 Å². The van der Waals surface area contributed by atoms with Crippen LogP contribution in [0.3, 0.4) is 0 Å². The molecule has 26 heavy (non-hydrogen) atoms. The van der Waals surface area contributed by atoms with Crippen molar-refractivity contribution in [3.05, 3.63) is 52.0 Å². The zero-order chi connectivity index (χ0) is 19.5. The van der Waals surface area contributed by atoms with Gasteiger partial charge in [-0.15, -0.1) is 11.3 Å². The second-order valence-corrected chi connectivity index (χ2v) is 9.19. The van der Waals surface area contributed by atoms with Gasteiger partial charge in [-0.2, -0.15) is 13.2 Å². The summed E-state index contributed by atoms with van der Waals surface area (Å²) >= 11 is 0.855. The van der Waals surface area contributed by atoms with Gasteiger partial charge in [0.05, 0.1) is 10.5 Å². The van der Waals surface area contributed by atoms with E-state index in [9.17, 15) is 26.4 Å². The van der Waals surface area contributed by atoms with E-state index in [0.29, 0.717) is 17.6 Å². The Bertz CT molecular complexity index is 891. The lowest BCUT2D eigenvalue weighted by molar-refractivity contribution is -0.0885. The number of sulfone groups is 1. The highest BCUT2D eigenvalue weighted by molar-refractivity contribution is 7.92. The first-order valence-corrected chi connectivity index (χ1v) is 10.4. The van der Waals surface area contributed by atoms with Gasteiger partial charge < -0.3 is 5.32 Å². The lowest BCUT2D eigenvalue weighted by Gasteiger charge is -2.15. The molecule has 0 unspecified atom stereocenters. The maximum absolute atomic E-state index is 12.9. The van der Waals surface area contributed by atoms with Crippen molar-refractivity contribution in [1.29, 1.82) is 0 Å². The number of thiophene rings is 1. The summed E-state index contributed by atoms with van der Waals surface area (Å²) in [7, 11) is -3.38. The zero-order valence-electron chi connectivity index (χ0n) is 14.2. The molecule has 0 spiro atoms. The Balaban J connectivity index is 2.10. The van der Waals surface area contributed by atoms with Gasteiger partial charge >= 0.3 is 6.18 Å². The maximum Gasteiger partial charge on any atom is 0.416 e. The lowest BCUT2D eigenvalue weighted by Crippen LogP contribution is -2.25. The molecule has 0 aliphatic heterocycles. The number of rotatable bonds is 4. The molecular formula is C17H18F3NO3S2. The highest BCUT2D eigenvalue weighted by Crippen LogP contribution is 2.30. The van der Waals surface area contributed by atoms with Crippen LogP contribution < -0.4 is 5.32 Å². The fourth-order valence-corrected chi connectivity index (χ4v) is 4.20. The summed E-state index contributed by atoms with van der Waals surface area (Å²) in [5.74, 6) is -0.466. The molecule has 0 radical (unpaired) electrons. The number of nitrogens with one attached hydrogen (secondary N) is 1. The molecule has 142 valence electrons. The smallest absolute Gasteiger partial charge is 0.347 e. The number of alkyl halides is 3. The van der Waals surface area contributed by atoms with E-state index in [-0.39, 0.29) is 22.1 Å². The first kappa shape index (κ1) is 20.4. The highest BCUT2D eigenvalue weighted by atomic mass is 32.2. The fraction of sp³-hybridized carbons (Fsp3) is 0.353. The Labute approximate surface area is 154 Å². The van der Waals surface area contributed by atoms with Crippen LogP contribution in [-0.2, 0) is 9.84 Å². The minimum Gasteiger partial charge on any atom is -0.347 e. The third-order valence-corrected chi connectivity index (χ3v) is 6.64. The predicted molar refractivity (Wildman–Crippen MR) is 95.0 cm³/mol. The van der Waals surface area contributed by atoms with Crippen LogP contribution in [0.1, 0.15) is 29.4 Å². The number of amides is 1. The first-order chi connectivity index (χ1) is 12.0. The molecule has 0 saturated carbocycles. The molecule has 1 aliphatic rings. The molecule has 1 aromatic rings. The summed E-state index contributed by atoms with van der Waals surface area (Å²) in [6.45, 7) is 1.63. The van der Waals surface area contributed by atoms with Crippen molar-refractivity contribution in [2.24, 2.45) is 0 Å². The Morgan fingerprint density at radius 3 is 2.46 bits per heavy atom. The molecule has 0 saturated heterocycles. The van der Waals surface area contributed by atoms with Crippen LogP contribution in [0.25, 0.3) is 0 Å². The number of carbonyl (C=O) groups is 1. The van der Waals surface area contributed by atoms with Gasteiger partial charge in [0, 0.05) is 12.8 Å². The van der Waals surface area contributed by atoms with Gasteiger partial charge in [-0.25, -0.2) is 8.42 Å². The minimum atomic E-state index is -4.41. The van der Waals surface area contributed by atoms with Crippen LogP contribution in [0.5, 0.6) is 0 Å². The molecule has 9 heteroatoms.